The van der Waals surface area contributed by atoms with Gasteiger partial charge in [-0.25, -0.2) is 0 Å². The van der Waals surface area contributed by atoms with Gasteiger partial charge in [0.15, 0.2) is 0 Å². The summed E-state index contributed by atoms with van der Waals surface area (Å²) in [6.07, 6.45) is 1.42. The first-order valence-electron chi connectivity index (χ1n) is 4.68. The van der Waals surface area contributed by atoms with Crippen LogP contribution in [0.25, 0.3) is 0 Å². The van der Waals surface area contributed by atoms with Crippen LogP contribution in [0.1, 0.15) is 13.3 Å². The molecule has 2 rings (SSSR count). The first-order valence-corrected chi connectivity index (χ1v) is 4.68. The molecule has 2 fully saturated rings. The van der Waals surface area contributed by atoms with E-state index in [-0.39, 0.29) is 0 Å². The predicted octanol–water partition coefficient (Wildman–Crippen LogP) is 0.642. The van der Waals surface area contributed by atoms with Gasteiger partial charge in [-0.3, -0.25) is 4.90 Å². The van der Waals surface area contributed by atoms with Crippen LogP contribution in [0.15, 0.2) is 0 Å². The van der Waals surface area contributed by atoms with Crippen LogP contribution in [-0.2, 0) is 0 Å². The lowest BCUT2D eigenvalue weighted by Gasteiger charge is -2.42. The maximum absolute atomic E-state index is 2.66. The molecule has 2 aliphatic heterocycles. The van der Waals surface area contributed by atoms with Gasteiger partial charge in [-0.05, 0) is 25.9 Å². The topological polar surface area (TPSA) is 6.48 Å². The molecule has 0 spiro atoms. The number of hydrogen-bond donors (Lipinski definition) is 0. The Bertz CT molecular complexity index is 140. The molecule has 0 aliphatic carbocycles. The summed E-state index contributed by atoms with van der Waals surface area (Å²) >= 11 is 0. The number of likely N-dealkylation sites (N-methyl/N-ethyl adjacent to an activating group) is 1. The maximum Gasteiger partial charge on any atom is 0.0350 e. The Kier molecular flexibility index (Phi) is 1.90. The summed E-state index contributed by atoms with van der Waals surface area (Å²) in [6, 6.07) is 0.893. The Labute approximate surface area is 69.2 Å². The average molecular weight is 154 g/mol. The standard InChI is InChI=1S/C9H18N2/c1-8-3-4-11(5-8)9-6-10(2)7-9/h8-9H,3-7H2,1-2H3/t8-/m0/s1. The number of rotatable bonds is 1. The zero-order valence-electron chi connectivity index (χ0n) is 7.58. The molecule has 2 heterocycles. The number of hydrogen-bond acceptors (Lipinski definition) is 2. The van der Waals surface area contributed by atoms with E-state index in [4.69, 9.17) is 0 Å². The van der Waals surface area contributed by atoms with E-state index in [1.807, 2.05) is 0 Å². The van der Waals surface area contributed by atoms with E-state index in [0.717, 1.165) is 12.0 Å². The molecule has 2 aliphatic rings. The third-order valence-electron chi connectivity index (χ3n) is 3.02. The Morgan fingerprint density at radius 3 is 2.36 bits per heavy atom. The molecule has 0 aromatic rings. The lowest BCUT2D eigenvalue weighted by atomic mass is 10.1. The van der Waals surface area contributed by atoms with E-state index in [2.05, 4.69) is 23.8 Å². The first-order chi connectivity index (χ1) is 5.25. The lowest BCUT2D eigenvalue weighted by Crippen LogP contribution is -2.56. The van der Waals surface area contributed by atoms with Gasteiger partial charge in [0.05, 0.1) is 0 Å². The zero-order valence-corrected chi connectivity index (χ0v) is 7.58. The minimum absolute atomic E-state index is 0.893. The van der Waals surface area contributed by atoms with Crippen molar-refractivity contribution in [2.45, 2.75) is 19.4 Å². The largest absolute Gasteiger partial charge is 0.303 e. The van der Waals surface area contributed by atoms with Crippen LogP contribution in [0.5, 0.6) is 0 Å². The van der Waals surface area contributed by atoms with E-state index >= 15 is 0 Å². The highest BCUT2D eigenvalue weighted by molar-refractivity contribution is 4.89. The van der Waals surface area contributed by atoms with E-state index in [1.54, 1.807) is 0 Å². The van der Waals surface area contributed by atoms with Crippen molar-refractivity contribution in [3.05, 3.63) is 0 Å². The molecule has 2 nitrogen and oxygen atoms in total. The van der Waals surface area contributed by atoms with Gasteiger partial charge in [0.2, 0.25) is 0 Å². The summed E-state index contributed by atoms with van der Waals surface area (Å²) in [6.45, 7) is 7.65. The van der Waals surface area contributed by atoms with Crippen LogP contribution in [-0.4, -0.2) is 49.1 Å². The Balaban J connectivity index is 1.79. The smallest absolute Gasteiger partial charge is 0.0350 e. The highest BCUT2D eigenvalue weighted by Crippen LogP contribution is 2.21. The van der Waals surface area contributed by atoms with E-state index in [1.165, 1.54) is 32.6 Å². The molecule has 2 saturated heterocycles. The molecule has 0 bridgehead atoms. The van der Waals surface area contributed by atoms with Gasteiger partial charge in [0.1, 0.15) is 0 Å². The van der Waals surface area contributed by atoms with Crippen LogP contribution in [0.3, 0.4) is 0 Å². The second-order valence-electron chi connectivity index (χ2n) is 4.26. The van der Waals surface area contributed by atoms with Gasteiger partial charge in [-0.15, -0.1) is 0 Å². The molecule has 0 aromatic heterocycles. The summed E-state index contributed by atoms with van der Waals surface area (Å²) in [7, 11) is 2.20. The van der Waals surface area contributed by atoms with Crippen molar-refractivity contribution < 1.29 is 0 Å². The Morgan fingerprint density at radius 2 is 1.91 bits per heavy atom. The molecule has 1 atom stereocenters. The molecule has 0 amide bonds. The minimum Gasteiger partial charge on any atom is -0.303 e. The first kappa shape index (κ1) is 7.56. The highest BCUT2D eigenvalue weighted by Gasteiger charge is 2.32. The van der Waals surface area contributed by atoms with E-state index in [0.29, 0.717) is 0 Å². The molecular formula is C9H18N2. The van der Waals surface area contributed by atoms with Gasteiger partial charge in [-0.2, -0.15) is 0 Å². The molecule has 64 valence electrons. The molecule has 0 N–H and O–H groups in total. The van der Waals surface area contributed by atoms with Crippen molar-refractivity contribution in [1.29, 1.82) is 0 Å². The second kappa shape index (κ2) is 2.76. The summed E-state index contributed by atoms with van der Waals surface area (Å²) in [4.78, 5) is 5.05. The zero-order chi connectivity index (χ0) is 7.84. The van der Waals surface area contributed by atoms with Crippen molar-refractivity contribution in [2.24, 2.45) is 5.92 Å². The number of likely N-dealkylation sites (tertiary alicyclic amines) is 2. The Morgan fingerprint density at radius 1 is 1.18 bits per heavy atom. The van der Waals surface area contributed by atoms with Crippen molar-refractivity contribution in [1.82, 2.24) is 9.80 Å². The van der Waals surface area contributed by atoms with Crippen LogP contribution in [0.2, 0.25) is 0 Å². The molecule has 0 aromatic carbocycles. The van der Waals surface area contributed by atoms with Crippen molar-refractivity contribution in [3.63, 3.8) is 0 Å². The summed E-state index contributed by atoms with van der Waals surface area (Å²) in [5.74, 6) is 0.945. The molecule has 2 heteroatoms. The average Bonchev–Trinajstić information content (AvgIpc) is 2.29. The van der Waals surface area contributed by atoms with E-state index in [9.17, 15) is 0 Å². The van der Waals surface area contributed by atoms with Crippen LogP contribution >= 0.6 is 0 Å². The lowest BCUT2D eigenvalue weighted by molar-refractivity contribution is 0.0672. The third-order valence-corrected chi connectivity index (χ3v) is 3.02. The molecule has 0 saturated carbocycles. The van der Waals surface area contributed by atoms with Crippen LogP contribution in [0.4, 0.5) is 0 Å². The van der Waals surface area contributed by atoms with E-state index < -0.39 is 0 Å². The van der Waals surface area contributed by atoms with Gasteiger partial charge in [-0.1, -0.05) is 6.92 Å². The van der Waals surface area contributed by atoms with Crippen molar-refractivity contribution >= 4 is 0 Å². The summed E-state index contributed by atoms with van der Waals surface area (Å²) < 4.78 is 0. The monoisotopic (exact) mass is 154 g/mol. The summed E-state index contributed by atoms with van der Waals surface area (Å²) in [5.41, 5.74) is 0. The fourth-order valence-corrected chi connectivity index (χ4v) is 2.20. The quantitative estimate of drug-likeness (QED) is 0.547. The normalized spacial score (nSPS) is 36.0. The SMILES string of the molecule is C[C@H]1CCN(C2CN(C)C2)C1. The fraction of sp³-hybridized carbons (Fsp3) is 1.00. The molecule has 0 unspecified atom stereocenters. The Hall–Kier alpha value is -0.0800. The van der Waals surface area contributed by atoms with Gasteiger partial charge in [0.25, 0.3) is 0 Å². The fourth-order valence-electron chi connectivity index (χ4n) is 2.20. The predicted molar refractivity (Wildman–Crippen MR) is 46.6 cm³/mol. The second-order valence-corrected chi connectivity index (χ2v) is 4.26. The van der Waals surface area contributed by atoms with Crippen molar-refractivity contribution in [2.75, 3.05) is 33.2 Å². The van der Waals surface area contributed by atoms with Gasteiger partial charge < -0.3 is 4.90 Å². The van der Waals surface area contributed by atoms with Crippen LogP contribution < -0.4 is 0 Å². The minimum atomic E-state index is 0.893. The molecule has 0 radical (unpaired) electrons. The number of nitrogens with zero attached hydrogens (tertiary/aromatic N) is 2. The highest BCUT2D eigenvalue weighted by atomic mass is 15.3. The molecule has 11 heavy (non-hydrogen) atoms. The molecular weight excluding hydrogens is 136 g/mol. The van der Waals surface area contributed by atoms with Gasteiger partial charge >= 0.3 is 0 Å². The third kappa shape index (κ3) is 1.42. The summed E-state index contributed by atoms with van der Waals surface area (Å²) in [5, 5.41) is 0. The van der Waals surface area contributed by atoms with Crippen molar-refractivity contribution in [3.8, 4) is 0 Å². The van der Waals surface area contributed by atoms with Gasteiger partial charge in [0, 0.05) is 25.7 Å². The van der Waals surface area contributed by atoms with Crippen LogP contribution in [0, 0.1) is 5.92 Å². The maximum atomic E-state index is 2.66.